The van der Waals surface area contributed by atoms with Gasteiger partial charge in [0.05, 0.1) is 0 Å². The second-order valence-corrected chi connectivity index (χ2v) is 7.28. The number of carbonyl (C=O) groups excluding carboxylic acids is 1. The van der Waals surface area contributed by atoms with Crippen LogP contribution in [0.1, 0.15) is 36.8 Å². The van der Waals surface area contributed by atoms with Crippen molar-refractivity contribution in [2.75, 3.05) is 13.2 Å². The number of carboxylic acids is 1. The average Bonchev–Trinajstić information content (AvgIpc) is 3.00. The maximum atomic E-state index is 12.3. The van der Waals surface area contributed by atoms with E-state index in [-0.39, 0.29) is 18.4 Å². The first-order valence-electron chi connectivity index (χ1n) is 9.55. The summed E-state index contributed by atoms with van der Waals surface area (Å²) in [7, 11) is 0. The minimum atomic E-state index is -1.07. The molecule has 148 valence electrons. The van der Waals surface area contributed by atoms with Crippen molar-refractivity contribution in [3.63, 3.8) is 0 Å². The lowest BCUT2D eigenvalue weighted by molar-refractivity contribution is -0.139. The molecule has 6 heteroatoms. The first kappa shape index (κ1) is 19.9. The van der Waals surface area contributed by atoms with Crippen LogP contribution in [0.4, 0.5) is 4.79 Å². The number of nitrogens with one attached hydrogen (secondary N) is 1. The molecule has 2 aromatic rings. The Balaban J connectivity index is 1.65. The average molecular weight is 382 g/mol. The normalized spacial score (nSPS) is 14.6. The monoisotopic (exact) mass is 382 g/mol. The van der Waals surface area contributed by atoms with Gasteiger partial charge < -0.3 is 20.9 Å². The Hall–Kier alpha value is -2.86. The van der Waals surface area contributed by atoms with Gasteiger partial charge in [-0.3, -0.25) is 0 Å². The van der Waals surface area contributed by atoms with Crippen LogP contribution in [-0.4, -0.2) is 36.4 Å². The van der Waals surface area contributed by atoms with Gasteiger partial charge in [0, 0.05) is 5.92 Å². The molecule has 0 saturated heterocycles. The highest BCUT2D eigenvalue weighted by Gasteiger charge is 2.30. The van der Waals surface area contributed by atoms with Gasteiger partial charge in [-0.2, -0.15) is 0 Å². The standard InChI is InChI=1S/C22H26N2O4/c1-14(10-11-23)12-20(21(25)26)24-22(27)28-13-19-17-8-4-2-6-15(17)16-7-3-5-9-18(16)19/h2-9,14,19-20H,10-13,23H2,1H3,(H,24,27)(H,25,26). The number of carboxylic acid groups (broad SMARTS) is 1. The van der Waals surface area contributed by atoms with E-state index < -0.39 is 18.1 Å². The molecule has 0 aromatic heterocycles. The summed E-state index contributed by atoms with van der Waals surface area (Å²) in [6.45, 7) is 2.56. The van der Waals surface area contributed by atoms with E-state index >= 15 is 0 Å². The summed E-state index contributed by atoms with van der Waals surface area (Å²) in [6.07, 6.45) is 0.307. The van der Waals surface area contributed by atoms with Crippen molar-refractivity contribution in [1.82, 2.24) is 5.32 Å². The Kier molecular flexibility index (Phi) is 6.31. The Labute approximate surface area is 164 Å². The van der Waals surface area contributed by atoms with Gasteiger partial charge in [0.1, 0.15) is 12.6 Å². The minimum Gasteiger partial charge on any atom is -0.480 e. The Bertz CT molecular complexity index is 806. The molecule has 1 amide bonds. The lowest BCUT2D eigenvalue weighted by Gasteiger charge is -2.19. The van der Waals surface area contributed by atoms with E-state index in [1.165, 1.54) is 0 Å². The van der Waals surface area contributed by atoms with Crippen LogP contribution in [0.15, 0.2) is 48.5 Å². The molecular weight excluding hydrogens is 356 g/mol. The van der Waals surface area contributed by atoms with Gasteiger partial charge in [0.2, 0.25) is 0 Å². The van der Waals surface area contributed by atoms with Crippen molar-refractivity contribution in [3.05, 3.63) is 59.7 Å². The van der Waals surface area contributed by atoms with Crippen LogP contribution in [0.5, 0.6) is 0 Å². The highest BCUT2D eigenvalue weighted by molar-refractivity contribution is 5.81. The first-order valence-corrected chi connectivity index (χ1v) is 9.55. The predicted octanol–water partition coefficient (Wildman–Crippen LogP) is 3.35. The zero-order chi connectivity index (χ0) is 20.1. The van der Waals surface area contributed by atoms with Crippen LogP contribution in [0.25, 0.3) is 11.1 Å². The fourth-order valence-corrected chi connectivity index (χ4v) is 3.81. The minimum absolute atomic E-state index is 0.0578. The number of hydrogen-bond donors (Lipinski definition) is 3. The molecule has 0 bridgehead atoms. The van der Waals surface area contributed by atoms with Gasteiger partial charge in [-0.15, -0.1) is 0 Å². The van der Waals surface area contributed by atoms with Crippen LogP contribution in [-0.2, 0) is 9.53 Å². The summed E-state index contributed by atoms with van der Waals surface area (Å²) in [5, 5.41) is 11.9. The predicted molar refractivity (Wildman–Crippen MR) is 107 cm³/mol. The third kappa shape index (κ3) is 4.34. The maximum absolute atomic E-state index is 12.3. The molecule has 0 aliphatic heterocycles. The largest absolute Gasteiger partial charge is 0.480 e. The smallest absolute Gasteiger partial charge is 0.407 e. The number of fused-ring (bicyclic) bond motifs is 3. The second-order valence-electron chi connectivity index (χ2n) is 7.28. The van der Waals surface area contributed by atoms with Crippen molar-refractivity contribution in [2.45, 2.75) is 31.7 Å². The molecule has 0 saturated carbocycles. The van der Waals surface area contributed by atoms with E-state index in [0.29, 0.717) is 19.4 Å². The fourth-order valence-electron chi connectivity index (χ4n) is 3.81. The third-order valence-corrected chi connectivity index (χ3v) is 5.23. The molecular formula is C22H26N2O4. The van der Waals surface area contributed by atoms with E-state index in [0.717, 1.165) is 22.3 Å². The number of alkyl carbamates (subject to hydrolysis) is 1. The molecule has 3 rings (SSSR count). The number of aliphatic carboxylic acids is 1. The quantitative estimate of drug-likeness (QED) is 0.650. The summed E-state index contributed by atoms with van der Waals surface area (Å²) in [6, 6.07) is 15.1. The molecule has 6 nitrogen and oxygen atoms in total. The zero-order valence-corrected chi connectivity index (χ0v) is 15.9. The number of hydrogen-bond acceptors (Lipinski definition) is 4. The van der Waals surface area contributed by atoms with E-state index in [2.05, 4.69) is 17.4 Å². The van der Waals surface area contributed by atoms with Gasteiger partial charge in [-0.05, 0) is 47.6 Å². The van der Waals surface area contributed by atoms with E-state index in [4.69, 9.17) is 10.5 Å². The van der Waals surface area contributed by atoms with Crippen molar-refractivity contribution in [1.29, 1.82) is 0 Å². The molecule has 2 aromatic carbocycles. The van der Waals surface area contributed by atoms with Crippen molar-refractivity contribution >= 4 is 12.1 Å². The van der Waals surface area contributed by atoms with E-state index in [9.17, 15) is 14.7 Å². The van der Waals surface area contributed by atoms with Gasteiger partial charge >= 0.3 is 12.1 Å². The van der Waals surface area contributed by atoms with Gasteiger partial charge in [-0.1, -0.05) is 55.5 Å². The molecule has 2 unspecified atom stereocenters. The third-order valence-electron chi connectivity index (χ3n) is 5.23. The summed E-state index contributed by atoms with van der Waals surface area (Å²) >= 11 is 0. The number of benzene rings is 2. The van der Waals surface area contributed by atoms with Gasteiger partial charge in [-0.25, -0.2) is 9.59 Å². The molecule has 28 heavy (non-hydrogen) atoms. The van der Waals surface area contributed by atoms with Crippen LogP contribution in [0, 0.1) is 5.92 Å². The number of nitrogens with two attached hydrogens (primary N) is 1. The molecule has 2 atom stereocenters. The Morgan fingerprint density at radius 3 is 2.21 bits per heavy atom. The zero-order valence-electron chi connectivity index (χ0n) is 15.9. The summed E-state index contributed by atoms with van der Waals surface area (Å²) in [5.74, 6) is -1.03. The number of amides is 1. The molecule has 0 fully saturated rings. The first-order chi connectivity index (χ1) is 13.5. The number of rotatable bonds is 8. The van der Waals surface area contributed by atoms with E-state index in [1.807, 2.05) is 43.3 Å². The molecule has 1 aliphatic carbocycles. The summed E-state index contributed by atoms with van der Waals surface area (Å²) in [4.78, 5) is 23.7. The molecule has 1 aliphatic rings. The van der Waals surface area contributed by atoms with Crippen molar-refractivity contribution in [2.24, 2.45) is 11.7 Å². The maximum Gasteiger partial charge on any atom is 0.407 e. The highest BCUT2D eigenvalue weighted by atomic mass is 16.5. The van der Waals surface area contributed by atoms with Crippen molar-refractivity contribution in [3.8, 4) is 11.1 Å². The molecule has 0 heterocycles. The highest BCUT2D eigenvalue weighted by Crippen LogP contribution is 2.44. The van der Waals surface area contributed by atoms with Gasteiger partial charge in [0.15, 0.2) is 0 Å². The lowest BCUT2D eigenvalue weighted by Crippen LogP contribution is -2.42. The Morgan fingerprint density at radius 2 is 1.68 bits per heavy atom. The second kappa shape index (κ2) is 8.89. The van der Waals surface area contributed by atoms with Crippen LogP contribution in [0.3, 0.4) is 0 Å². The number of carbonyl (C=O) groups is 2. The van der Waals surface area contributed by atoms with E-state index in [1.54, 1.807) is 0 Å². The number of ether oxygens (including phenoxy) is 1. The summed E-state index contributed by atoms with van der Waals surface area (Å²) < 4.78 is 5.42. The topological polar surface area (TPSA) is 102 Å². The van der Waals surface area contributed by atoms with Crippen molar-refractivity contribution < 1.29 is 19.4 Å². The SMILES string of the molecule is CC(CCN)CC(NC(=O)OCC1c2ccccc2-c2ccccc21)C(=O)O. The fraction of sp³-hybridized carbons (Fsp3) is 0.364. The lowest BCUT2D eigenvalue weighted by atomic mass is 9.98. The van der Waals surface area contributed by atoms with Gasteiger partial charge in [0.25, 0.3) is 0 Å². The van der Waals surface area contributed by atoms with Crippen LogP contribution in [0.2, 0.25) is 0 Å². The molecule has 0 spiro atoms. The summed E-state index contributed by atoms with van der Waals surface area (Å²) in [5.41, 5.74) is 10.0. The van der Waals surface area contributed by atoms with Crippen LogP contribution >= 0.6 is 0 Å². The van der Waals surface area contributed by atoms with Crippen LogP contribution < -0.4 is 11.1 Å². The Morgan fingerprint density at radius 1 is 1.11 bits per heavy atom. The molecule has 0 radical (unpaired) electrons. The molecule has 4 N–H and O–H groups in total.